The molecule has 0 bridgehead atoms. The Morgan fingerprint density at radius 2 is 1.87 bits per heavy atom. The number of nitrogens with zero attached hydrogens (tertiary/aromatic N) is 3. The average Bonchev–Trinajstić information content (AvgIpc) is 3.00. The molecule has 0 amide bonds. The number of H-pyrrole nitrogens is 1. The number of hydrogen-bond acceptors (Lipinski definition) is 6. The Kier molecular flexibility index (Phi) is 4.29. The lowest BCUT2D eigenvalue weighted by Crippen LogP contribution is -2.14. The Bertz CT molecular complexity index is 884. The van der Waals surface area contributed by atoms with Crippen LogP contribution in [0.15, 0.2) is 38.7 Å². The van der Waals surface area contributed by atoms with Gasteiger partial charge in [0.2, 0.25) is 11.7 Å². The van der Waals surface area contributed by atoms with Crippen molar-refractivity contribution in [2.45, 2.75) is 31.7 Å². The van der Waals surface area contributed by atoms with Crippen molar-refractivity contribution in [3.8, 4) is 11.4 Å². The van der Waals surface area contributed by atoms with Crippen molar-refractivity contribution in [3.05, 3.63) is 57.3 Å². The van der Waals surface area contributed by atoms with Gasteiger partial charge in [0.15, 0.2) is 5.16 Å². The summed E-state index contributed by atoms with van der Waals surface area (Å²) in [5.41, 5.74) is 3.33. The predicted molar refractivity (Wildman–Crippen MR) is 88.4 cm³/mol. The molecule has 0 radical (unpaired) electrons. The highest BCUT2D eigenvalue weighted by molar-refractivity contribution is 7.98. The van der Waals surface area contributed by atoms with Gasteiger partial charge in [-0.25, -0.2) is 4.98 Å². The SMILES string of the molecule is Cc1ccc(-c2noc(CSc3nc(C)c(C)c(=O)[nH]3)n2)cc1. The second-order valence-corrected chi connectivity index (χ2v) is 6.21. The fraction of sp³-hybridized carbons (Fsp3) is 0.250. The van der Waals surface area contributed by atoms with Crippen LogP contribution in [0.1, 0.15) is 22.7 Å². The molecule has 0 atom stereocenters. The van der Waals surface area contributed by atoms with Crippen LogP contribution in [-0.2, 0) is 5.75 Å². The number of thioether (sulfide) groups is 1. The zero-order valence-corrected chi connectivity index (χ0v) is 13.9. The molecule has 118 valence electrons. The predicted octanol–water partition coefficient (Wildman–Crippen LogP) is 3.04. The first-order chi connectivity index (χ1) is 11.0. The second-order valence-electron chi connectivity index (χ2n) is 5.25. The van der Waals surface area contributed by atoms with Crippen LogP contribution in [-0.4, -0.2) is 20.1 Å². The molecule has 1 aromatic carbocycles. The Balaban J connectivity index is 1.72. The van der Waals surface area contributed by atoms with Gasteiger partial charge in [-0.1, -0.05) is 46.7 Å². The van der Waals surface area contributed by atoms with Crippen molar-refractivity contribution in [1.29, 1.82) is 0 Å². The molecular formula is C16H16N4O2S. The van der Waals surface area contributed by atoms with E-state index in [0.717, 1.165) is 11.3 Å². The van der Waals surface area contributed by atoms with Gasteiger partial charge in [-0.2, -0.15) is 4.98 Å². The van der Waals surface area contributed by atoms with E-state index >= 15 is 0 Å². The van der Waals surface area contributed by atoms with E-state index in [-0.39, 0.29) is 5.56 Å². The summed E-state index contributed by atoms with van der Waals surface area (Å²) in [6.45, 7) is 5.59. The van der Waals surface area contributed by atoms with Crippen LogP contribution < -0.4 is 5.56 Å². The maximum absolute atomic E-state index is 11.7. The molecule has 3 aromatic rings. The Hall–Kier alpha value is -2.41. The van der Waals surface area contributed by atoms with Crippen LogP contribution in [0.25, 0.3) is 11.4 Å². The van der Waals surface area contributed by atoms with Gasteiger partial charge in [-0.05, 0) is 20.8 Å². The van der Waals surface area contributed by atoms with E-state index in [0.29, 0.717) is 28.2 Å². The number of aromatic nitrogens is 4. The Labute approximate surface area is 137 Å². The first-order valence-corrected chi connectivity index (χ1v) is 8.11. The Morgan fingerprint density at radius 1 is 1.13 bits per heavy atom. The van der Waals surface area contributed by atoms with E-state index in [1.54, 1.807) is 6.92 Å². The van der Waals surface area contributed by atoms with E-state index < -0.39 is 0 Å². The minimum atomic E-state index is -0.120. The zero-order chi connectivity index (χ0) is 16.4. The van der Waals surface area contributed by atoms with Crippen LogP contribution in [0.4, 0.5) is 0 Å². The lowest BCUT2D eigenvalue weighted by Gasteiger charge is -2.01. The van der Waals surface area contributed by atoms with Gasteiger partial charge in [0.05, 0.1) is 5.75 Å². The summed E-state index contributed by atoms with van der Waals surface area (Å²) in [4.78, 5) is 23.2. The highest BCUT2D eigenvalue weighted by atomic mass is 32.2. The highest BCUT2D eigenvalue weighted by Crippen LogP contribution is 2.21. The van der Waals surface area contributed by atoms with Gasteiger partial charge in [-0.15, -0.1) is 0 Å². The molecule has 3 rings (SSSR count). The van der Waals surface area contributed by atoms with Gasteiger partial charge in [0.25, 0.3) is 5.56 Å². The third-order valence-corrected chi connectivity index (χ3v) is 4.34. The van der Waals surface area contributed by atoms with E-state index in [2.05, 4.69) is 20.1 Å². The largest absolute Gasteiger partial charge is 0.338 e. The molecule has 0 fully saturated rings. The second kappa shape index (κ2) is 6.37. The number of benzene rings is 1. The Morgan fingerprint density at radius 3 is 2.57 bits per heavy atom. The van der Waals surface area contributed by atoms with Crippen molar-refractivity contribution >= 4 is 11.8 Å². The first-order valence-electron chi connectivity index (χ1n) is 7.13. The molecule has 1 N–H and O–H groups in total. The van der Waals surface area contributed by atoms with Gasteiger partial charge in [-0.3, -0.25) is 4.79 Å². The summed E-state index contributed by atoms with van der Waals surface area (Å²) in [6, 6.07) is 7.92. The van der Waals surface area contributed by atoms with E-state index in [1.807, 2.05) is 38.1 Å². The van der Waals surface area contributed by atoms with Gasteiger partial charge >= 0.3 is 0 Å². The van der Waals surface area contributed by atoms with Crippen LogP contribution in [0.5, 0.6) is 0 Å². The first kappa shape index (κ1) is 15.5. The van der Waals surface area contributed by atoms with Crippen LogP contribution >= 0.6 is 11.8 Å². The minimum absolute atomic E-state index is 0.120. The van der Waals surface area contributed by atoms with Gasteiger partial charge in [0, 0.05) is 16.8 Å². The summed E-state index contributed by atoms with van der Waals surface area (Å²) < 4.78 is 5.25. The van der Waals surface area contributed by atoms with Crippen molar-refractivity contribution in [2.75, 3.05) is 0 Å². The third kappa shape index (κ3) is 3.50. The molecule has 23 heavy (non-hydrogen) atoms. The maximum Gasteiger partial charge on any atom is 0.254 e. The van der Waals surface area contributed by atoms with E-state index in [4.69, 9.17) is 4.52 Å². The number of aromatic amines is 1. The van der Waals surface area contributed by atoms with Crippen LogP contribution in [0, 0.1) is 20.8 Å². The molecule has 0 saturated carbocycles. The number of aryl methyl sites for hydroxylation is 2. The molecular weight excluding hydrogens is 312 g/mol. The normalized spacial score (nSPS) is 10.9. The molecule has 0 unspecified atom stereocenters. The lowest BCUT2D eigenvalue weighted by molar-refractivity contribution is 0.391. The zero-order valence-electron chi connectivity index (χ0n) is 13.1. The maximum atomic E-state index is 11.7. The molecule has 6 nitrogen and oxygen atoms in total. The topological polar surface area (TPSA) is 84.7 Å². The monoisotopic (exact) mass is 328 g/mol. The smallest absolute Gasteiger partial charge is 0.254 e. The van der Waals surface area contributed by atoms with E-state index in [9.17, 15) is 4.79 Å². The molecule has 7 heteroatoms. The van der Waals surface area contributed by atoms with Crippen molar-refractivity contribution < 1.29 is 4.52 Å². The highest BCUT2D eigenvalue weighted by Gasteiger charge is 2.10. The summed E-state index contributed by atoms with van der Waals surface area (Å²) in [7, 11) is 0. The molecule has 0 spiro atoms. The number of rotatable bonds is 4. The standard InChI is InChI=1S/C16H16N4O2S/c1-9-4-6-12(7-5-9)14-18-13(22-20-14)8-23-16-17-11(3)10(2)15(21)19-16/h4-7H,8H2,1-3H3,(H,17,19,21). The molecule has 0 aliphatic heterocycles. The summed E-state index contributed by atoms with van der Waals surface area (Å²) >= 11 is 1.36. The quantitative estimate of drug-likeness (QED) is 0.585. The van der Waals surface area contributed by atoms with Gasteiger partial charge in [0.1, 0.15) is 0 Å². The summed E-state index contributed by atoms with van der Waals surface area (Å²) in [6.07, 6.45) is 0. The molecule has 0 aliphatic rings. The van der Waals surface area contributed by atoms with E-state index in [1.165, 1.54) is 17.3 Å². The molecule has 0 aliphatic carbocycles. The fourth-order valence-corrected chi connectivity index (χ4v) is 2.69. The minimum Gasteiger partial charge on any atom is -0.338 e. The summed E-state index contributed by atoms with van der Waals surface area (Å²) in [5, 5.41) is 4.54. The molecule has 2 heterocycles. The fourth-order valence-electron chi connectivity index (χ4n) is 1.95. The van der Waals surface area contributed by atoms with Crippen LogP contribution in [0.2, 0.25) is 0 Å². The number of nitrogens with one attached hydrogen (secondary N) is 1. The summed E-state index contributed by atoms with van der Waals surface area (Å²) in [5.74, 6) is 1.50. The van der Waals surface area contributed by atoms with Crippen molar-refractivity contribution in [2.24, 2.45) is 0 Å². The average molecular weight is 328 g/mol. The lowest BCUT2D eigenvalue weighted by atomic mass is 10.1. The van der Waals surface area contributed by atoms with Crippen molar-refractivity contribution in [1.82, 2.24) is 20.1 Å². The van der Waals surface area contributed by atoms with Gasteiger partial charge < -0.3 is 9.51 Å². The molecule has 0 saturated heterocycles. The molecule has 2 aromatic heterocycles. The number of hydrogen-bond donors (Lipinski definition) is 1. The third-order valence-electron chi connectivity index (χ3n) is 3.48. The van der Waals surface area contributed by atoms with Crippen molar-refractivity contribution in [3.63, 3.8) is 0 Å². The van der Waals surface area contributed by atoms with Crippen LogP contribution in [0.3, 0.4) is 0 Å².